The highest BCUT2D eigenvalue weighted by Gasteiger charge is 2.08. The summed E-state index contributed by atoms with van der Waals surface area (Å²) in [7, 11) is 1.66. The molecule has 0 spiro atoms. The van der Waals surface area contributed by atoms with E-state index in [1.807, 2.05) is 0 Å². The molecular formula is C10H17NO4. The third-order valence-electron chi connectivity index (χ3n) is 1.78. The molecule has 0 heterocycles. The number of carboxylic acid groups (broad SMARTS) is 1. The molecule has 0 aliphatic carbocycles. The number of carbonyl (C=O) groups excluding carboxylic acids is 1. The molecule has 0 aliphatic heterocycles. The zero-order valence-corrected chi connectivity index (χ0v) is 8.94. The summed E-state index contributed by atoms with van der Waals surface area (Å²) in [5, 5.41) is 8.28. The van der Waals surface area contributed by atoms with Crippen LogP contribution in [0.15, 0.2) is 12.7 Å². The van der Waals surface area contributed by atoms with E-state index in [-0.39, 0.29) is 12.5 Å². The molecule has 0 aromatic rings. The Morgan fingerprint density at radius 2 is 2.13 bits per heavy atom. The monoisotopic (exact) mass is 215 g/mol. The minimum absolute atomic E-state index is 0.184. The lowest BCUT2D eigenvalue weighted by Crippen LogP contribution is -2.31. The molecule has 1 amide bonds. The summed E-state index contributed by atoms with van der Waals surface area (Å²) >= 11 is 0. The maximum absolute atomic E-state index is 11.3. The van der Waals surface area contributed by atoms with Crippen LogP contribution in [0.25, 0.3) is 0 Å². The molecule has 0 saturated carbocycles. The molecule has 0 aliphatic rings. The van der Waals surface area contributed by atoms with Crippen molar-refractivity contribution >= 4 is 11.9 Å². The van der Waals surface area contributed by atoms with Crippen LogP contribution in [0, 0.1) is 0 Å². The molecule has 15 heavy (non-hydrogen) atoms. The molecule has 0 aromatic carbocycles. The maximum Gasteiger partial charge on any atom is 0.329 e. The Balaban J connectivity index is 3.59. The molecule has 0 unspecified atom stereocenters. The molecule has 5 nitrogen and oxygen atoms in total. The van der Waals surface area contributed by atoms with E-state index in [0.29, 0.717) is 6.54 Å². The van der Waals surface area contributed by atoms with Gasteiger partial charge in [0.05, 0.1) is 0 Å². The van der Waals surface area contributed by atoms with Crippen LogP contribution in [0.2, 0.25) is 0 Å². The molecule has 1 N–H and O–H groups in total. The highest BCUT2D eigenvalue weighted by molar-refractivity contribution is 5.77. The molecule has 0 atom stereocenters. The molecule has 0 aromatic heterocycles. The Labute approximate surface area is 89.3 Å². The number of carbonyl (C=O) groups is 2. The summed E-state index contributed by atoms with van der Waals surface area (Å²) in [5.41, 5.74) is 0. The molecule has 0 bridgehead atoms. The van der Waals surface area contributed by atoms with Crippen molar-refractivity contribution in [3.63, 3.8) is 0 Å². The third kappa shape index (κ3) is 7.69. The van der Waals surface area contributed by atoms with Gasteiger partial charge in [0, 0.05) is 13.6 Å². The summed E-state index contributed by atoms with van der Waals surface area (Å²) in [6.45, 7) is 3.58. The fourth-order valence-electron chi connectivity index (χ4n) is 0.933. The van der Waals surface area contributed by atoms with Crippen molar-refractivity contribution in [1.82, 2.24) is 4.90 Å². The number of aliphatic carboxylic acids is 1. The number of amides is 1. The Hall–Kier alpha value is -1.36. The molecule has 86 valence electrons. The topological polar surface area (TPSA) is 66.8 Å². The minimum atomic E-state index is -1.07. The molecule has 0 fully saturated rings. The predicted molar refractivity (Wildman–Crippen MR) is 55.5 cm³/mol. The number of unbranched alkanes of at least 4 members (excludes halogenated alkanes) is 1. The van der Waals surface area contributed by atoms with Crippen LogP contribution >= 0.6 is 0 Å². The predicted octanol–water partition coefficient (Wildman–Crippen LogP) is 0.512. The molecule has 0 rings (SSSR count). The van der Waals surface area contributed by atoms with Gasteiger partial charge in [0.15, 0.2) is 0 Å². The van der Waals surface area contributed by atoms with E-state index in [4.69, 9.17) is 5.11 Å². The number of allylic oxidation sites excluding steroid dienone is 1. The van der Waals surface area contributed by atoms with Crippen molar-refractivity contribution < 1.29 is 19.4 Å². The van der Waals surface area contributed by atoms with E-state index < -0.39 is 12.6 Å². The quantitative estimate of drug-likeness (QED) is 0.473. The van der Waals surface area contributed by atoms with Crippen molar-refractivity contribution in [3.05, 3.63) is 12.7 Å². The zero-order valence-electron chi connectivity index (χ0n) is 8.94. The lowest BCUT2D eigenvalue weighted by molar-refractivity contribution is -0.145. The van der Waals surface area contributed by atoms with Crippen LogP contribution in [0.5, 0.6) is 0 Å². The fourth-order valence-corrected chi connectivity index (χ4v) is 0.933. The first kappa shape index (κ1) is 13.6. The summed E-state index contributed by atoms with van der Waals surface area (Å²) in [5.74, 6) is -1.28. The van der Waals surface area contributed by atoms with E-state index in [9.17, 15) is 9.59 Å². The van der Waals surface area contributed by atoms with Crippen LogP contribution < -0.4 is 0 Å². The Kier molecular flexibility index (Phi) is 7.27. The summed E-state index contributed by atoms with van der Waals surface area (Å²) in [6.07, 6.45) is 3.50. The van der Waals surface area contributed by atoms with Gasteiger partial charge < -0.3 is 14.7 Å². The van der Waals surface area contributed by atoms with Crippen LogP contribution in [0.1, 0.15) is 12.8 Å². The second kappa shape index (κ2) is 7.99. The summed E-state index contributed by atoms with van der Waals surface area (Å²) < 4.78 is 4.67. The van der Waals surface area contributed by atoms with Gasteiger partial charge in [-0.2, -0.15) is 0 Å². The molecule has 5 heteroatoms. The summed E-state index contributed by atoms with van der Waals surface area (Å²) in [6, 6.07) is 0. The Bertz CT molecular complexity index is 227. The largest absolute Gasteiger partial charge is 0.480 e. The minimum Gasteiger partial charge on any atom is -0.480 e. The van der Waals surface area contributed by atoms with Gasteiger partial charge in [0.1, 0.15) is 13.2 Å². The first-order chi connectivity index (χ1) is 7.07. The first-order valence-electron chi connectivity index (χ1n) is 4.72. The van der Waals surface area contributed by atoms with E-state index in [1.165, 1.54) is 4.90 Å². The number of ether oxygens (including phenoxy) is 1. The van der Waals surface area contributed by atoms with Crippen molar-refractivity contribution in [3.8, 4) is 0 Å². The van der Waals surface area contributed by atoms with Gasteiger partial charge in [-0.1, -0.05) is 6.08 Å². The van der Waals surface area contributed by atoms with Crippen LogP contribution in [0.4, 0.5) is 0 Å². The highest BCUT2D eigenvalue weighted by Crippen LogP contribution is 1.94. The number of hydrogen-bond donors (Lipinski definition) is 1. The van der Waals surface area contributed by atoms with E-state index in [2.05, 4.69) is 11.3 Å². The SMILES string of the molecule is C=CCCCN(C)C(=O)COCC(=O)O. The fraction of sp³-hybridized carbons (Fsp3) is 0.600. The molecule has 0 radical (unpaired) electrons. The van der Waals surface area contributed by atoms with Gasteiger partial charge >= 0.3 is 5.97 Å². The molecule has 0 saturated heterocycles. The van der Waals surface area contributed by atoms with Gasteiger partial charge in [0.25, 0.3) is 0 Å². The first-order valence-corrected chi connectivity index (χ1v) is 4.72. The number of likely N-dealkylation sites (N-methyl/N-ethyl adjacent to an activating group) is 1. The van der Waals surface area contributed by atoms with Crippen LogP contribution in [-0.2, 0) is 14.3 Å². The Morgan fingerprint density at radius 1 is 1.47 bits per heavy atom. The summed E-state index contributed by atoms with van der Waals surface area (Å²) in [4.78, 5) is 22.9. The van der Waals surface area contributed by atoms with Gasteiger partial charge in [-0.3, -0.25) is 4.79 Å². The second-order valence-electron chi connectivity index (χ2n) is 3.13. The van der Waals surface area contributed by atoms with Gasteiger partial charge in [-0.25, -0.2) is 4.79 Å². The third-order valence-corrected chi connectivity index (χ3v) is 1.78. The Morgan fingerprint density at radius 3 is 2.67 bits per heavy atom. The second-order valence-corrected chi connectivity index (χ2v) is 3.13. The number of nitrogens with zero attached hydrogens (tertiary/aromatic N) is 1. The van der Waals surface area contributed by atoms with Gasteiger partial charge in [-0.15, -0.1) is 6.58 Å². The van der Waals surface area contributed by atoms with Crippen molar-refractivity contribution in [2.45, 2.75) is 12.8 Å². The van der Waals surface area contributed by atoms with E-state index >= 15 is 0 Å². The lowest BCUT2D eigenvalue weighted by atomic mass is 10.3. The van der Waals surface area contributed by atoms with Crippen molar-refractivity contribution in [1.29, 1.82) is 0 Å². The number of rotatable bonds is 8. The normalized spacial score (nSPS) is 9.67. The standard InChI is InChI=1S/C10H17NO4/c1-3-4-5-6-11(2)9(12)7-15-8-10(13)14/h3H,1,4-8H2,2H3,(H,13,14). The zero-order chi connectivity index (χ0) is 11.7. The molecular weight excluding hydrogens is 198 g/mol. The van der Waals surface area contributed by atoms with Crippen molar-refractivity contribution in [2.75, 3.05) is 26.8 Å². The van der Waals surface area contributed by atoms with E-state index in [1.54, 1.807) is 13.1 Å². The number of hydrogen-bond acceptors (Lipinski definition) is 3. The smallest absolute Gasteiger partial charge is 0.329 e. The average molecular weight is 215 g/mol. The highest BCUT2D eigenvalue weighted by atomic mass is 16.5. The average Bonchev–Trinajstić information content (AvgIpc) is 2.17. The van der Waals surface area contributed by atoms with Gasteiger partial charge in [-0.05, 0) is 12.8 Å². The van der Waals surface area contributed by atoms with E-state index in [0.717, 1.165) is 12.8 Å². The van der Waals surface area contributed by atoms with Crippen LogP contribution in [0.3, 0.4) is 0 Å². The van der Waals surface area contributed by atoms with Crippen molar-refractivity contribution in [2.24, 2.45) is 0 Å². The lowest BCUT2D eigenvalue weighted by Gasteiger charge is -2.16. The van der Waals surface area contributed by atoms with Gasteiger partial charge in [0.2, 0.25) is 5.91 Å². The van der Waals surface area contributed by atoms with Crippen LogP contribution in [-0.4, -0.2) is 48.7 Å². The number of carboxylic acids is 1. The maximum atomic E-state index is 11.3.